The van der Waals surface area contributed by atoms with Crippen LogP contribution in [0.5, 0.6) is 0 Å². The van der Waals surface area contributed by atoms with Crippen molar-refractivity contribution in [2.45, 2.75) is 50.6 Å². The molecule has 1 saturated heterocycles. The molecule has 2 unspecified atom stereocenters. The highest BCUT2D eigenvalue weighted by molar-refractivity contribution is 7.89. The van der Waals surface area contributed by atoms with Crippen LogP contribution in [-0.2, 0) is 16.6 Å². The maximum Gasteiger partial charge on any atom is 0.247 e. The third-order valence-electron chi connectivity index (χ3n) is 4.58. The Bertz CT molecular complexity index is 623. The van der Waals surface area contributed by atoms with E-state index in [1.807, 2.05) is 6.92 Å². The van der Waals surface area contributed by atoms with Crippen molar-refractivity contribution in [3.05, 3.63) is 11.4 Å². The standard InChI is InChI=1S/C13H22N4O2S/c1-9-13(10(2)16(15-9)6-5-14)20(18,19)17-8-11-3-4-12(17)7-11/h11-12H,3-8,14H2,1-2H3. The van der Waals surface area contributed by atoms with Gasteiger partial charge in [-0.25, -0.2) is 8.42 Å². The predicted octanol–water partition coefficient (Wildman–Crippen LogP) is 0.632. The Kier molecular flexibility index (Phi) is 3.38. The summed E-state index contributed by atoms with van der Waals surface area (Å²) < 4.78 is 29.3. The molecule has 2 fully saturated rings. The van der Waals surface area contributed by atoms with Crippen molar-refractivity contribution < 1.29 is 8.42 Å². The van der Waals surface area contributed by atoms with Crippen LogP contribution in [0.1, 0.15) is 30.7 Å². The smallest absolute Gasteiger partial charge is 0.247 e. The average molecular weight is 298 g/mol. The molecule has 1 aliphatic heterocycles. The molecule has 3 rings (SSSR count). The second kappa shape index (κ2) is 4.82. The van der Waals surface area contributed by atoms with Gasteiger partial charge in [0, 0.05) is 19.1 Å². The van der Waals surface area contributed by atoms with E-state index in [0.29, 0.717) is 41.8 Å². The molecule has 2 N–H and O–H groups in total. The van der Waals surface area contributed by atoms with Gasteiger partial charge in [0.25, 0.3) is 0 Å². The summed E-state index contributed by atoms with van der Waals surface area (Å²) in [5, 5.41) is 4.33. The number of nitrogens with two attached hydrogens (primary N) is 1. The number of piperidine rings is 1. The van der Waals surface area contributed by atoms with Gasteiger partial charge >= 0.3 is 0 Å². The van der Waals surface area contributed by atoms with E-state index in [2.05, 4.69) is 5.10 Å². The average Bonchev–Trinajstić information content (AvgIpc) is 3.05. The summed E-state index contributed by atoms with van der Waals surface area (Å²) in [4.78, 5) is 0.388. The molecule has 1 aromatic heterocycles. The second-order valence-electron chi connectivity index (χ2n) is 5.92. The number of fused-ring (bicyclic) bond motifs is 2. The Morgan fingerprint density at radius 1 is 1.35 bits per heavy atom. The van der Waals surface area contributed by atoms with E-state index in [9.17, 15) is 8.42 Å². The van der Waals surface area contributed by atoms with E-state index in [0.717, 1.165) is 12.8 Å². The Morgan fingerprint density at radius 2 is 2.10 bits per heavy atom. The van der Waals surface area contributed by atoms with Crippen molar-refractivity contribution in [1.29, 1.82) is 0 Å². The van der Waals surface area contributed by atoms with Gasteiger partial charge in [-0.05, 0) is 39.0 Å². The van der Waals surface area contributed by atoms with Gasteiger partial charge in [0.05, 0.1) is 17.9 Å². The van der Waals surface area contributed by atoms with Crippen molar-refractivity contribution in [1.82, 2.24) is 14.1 Å². The Balaban J connectivity index is 1.99. The zero-order valence-electron chi connectivity index (χ0n) is 12.0. The lowest BCUT2D eigenvalue weighted by atomic mass is 10.1. The van der Waals surface area contributed by atoms with Crippen LogP contribution in [0, 0.1) is 19.8 Å². The van der Waals surface area contributed by atoms with E-state index < -0.39 is 10.0 Å². The minimum absolute atomic E-state index is 0.196. The van der Waals surface area contributed by atoms with Crippen LogP contribution in [-0.4, -0.2) is 41.6 Å². The number of aromatic nitrogens is 2. The van der Waals surface area contributed by atoms with Gasteiger partial charge in [-0.15, -0.1) is 0 Å². The summed E-state index contributed by atoms with van der Waals surface area (Å²) in [6.45, 7) is 5.26. The minimum Gasteiger partial charge on any atom is -0.329 e. The SMILES string of the molecule is Cc1nn(CCN)c(C)c1S(=O)(=O)N1CC2CCC1C2. The fourth-order valence-electron chi connectivity index (χ4n) is 3.68. The maximum atomic E-state index is 12.9. The van der Waals surface area contributed by atoms with Crippen LogP contribution in [0.25, 0.3) is 0 Å². The first-order valence-electron chi connectivity index (χ1n) is 7.21. The van der Waals surface area contributed by atoms with Gasteiger partial charge < -0.3 is 5.73 Å². The van der Waals surface area contributed by atoms with Crippen molar-refractivity contribution in [2.24, 2.45) is 11.7 Å². The van der Waals surface area contributed by atoms with E-state index in [-0.39, 0.29) is 6.04 Å². The molecule has 0 radical (unpaired) electrons. The van der Waals surface area contributed by atoms with Crippen LogP contribution in [0.4, 0.5) is 0 Å². The molecule has 7 heteroatoms. The molecule has 1 aliphatic carbocycles. The quantitative estimate of drug-likeness (QED) is 0.884. The highest BCUT2D eigenvalue weighted by atomic mass is 32.2. The van der Waals surface area contributed by atoms with Gasteiger partial charge in [0.1, 0.15) is 4.90 Å². The zero-order valence-corrected chi connectivity index (χ0v) is 12.9. The number of sulfonamides is 1. The third-order valence-corrected chi connectivity index (χ3v) is 6.75. The Hall–Kier alpha value is -0.920. The van der Waals surface area contributed by atoms with Crippen molar-refractivity contribution >= 4 is 10.0 Å². The van der Waals surface area contributed by atoms with Crippen LogP contribution in [0.3, 0.4) is 0 Å². The van der Waals surface area contributed by atoms with Crippen LogP contribution < -0.4 is 5.73 Å². The summed E-state index contributed by atoms with van der Waals surface area (Å²) in [5.41, 5.74) is 6.84. The lowest BCUT2D eigenvalue weighted by Crippen LogP contribution is -2.38. The van der Waals surface area contributed by atoms with E-state index >= 15 is 0 Å². The molecule has 20 heavy (non-hydrogen) atoms. The lowest BCUT2D eigenvalue weighted by Gasteiger charge is -2.26. The van der Waals surface area contributed by atoms with Crippen molar-refractivity contribution in [3.63, 3.8) is 0 Å². The number of rotatable bonds is 4. The van der Waals surface area contributed by atoms with E-state index in [1.165, 1.54) is 6.42 Å². The van der Waals surface area contributed by atoms with E-state index in [4.69, 9.17) is 5.73 Å². The predicted molar refractivity (Wildman–Crippen MR) is 75.8 cm³/mol. The molecule has 2 atom stereocenters. The van der Waals surface area contributed by atoms with Gasteiger partial charge in [0.2, 0.25) is 10.0 Å². The third kappa shape index (κ3) is 1.99. The number of hydrogen-bond acceptors (Lipinski definition) is 4. The summed E-state index contributed by atoms with van der Waals surface area (Å²) in [7, 11) is -3.42. The van der Waals surface area contributed by atoms with Crippen molar-refractivity contribution in [2.75, 3.05) is 13.1 Å². The molecule has 2 heterocycles. The minimum atomic E-state index is -3.42. The summed E-state index contributed by atoms with van der Waals surface area (Å²) in [5.74, 6) is 0.550. The highest BCUT2D eigenvalue weighted by Crippen LogP contribution is 2.41. The molecule has 1 saturated carbocycles. The molecule has 0 amide bonds. The lowest BCUT2D eigenvalue weighted by molar-refractivity contribution is 0.333. The topological polar surface area (TPSA) is 81.2 Å². The molecule has 112 valence electrons. The number of aryl methyl sites for hydroxylation is 1. The first-order chi connectivity index (χ1) is 9.45. The molecular formula is C13H22N4O2S. The van der Waals surface area contributed by atoms with Gasteiger partial charge in [-0.2, -0.15) is 9.40 Å². The first kappa shape index (κ1) is 14.0. The maximum absolute atomic E-state index is 12.9. The summed E-state index contributed by atoms with van der Waals surface area (Å²) in [6.07, 6.45) is 3.19. The molecule has 6 nitrogen and oxygen atoms in total. The Morgan fingerprint density at radius 3 is 2.65 bits per heavy atom. The fourth-order valence-corrected chi connectivity index (χ4v) is 5.80. The Labute approximate surface area is 120 Å². The van der Waals surface area contributed by atoms with Crippen LogP contribution in [0.15, 0.2) is 4.90 Å². The van der Waals surface area contributed by atoms with Crippen molar-refractivity contribution in [3.8, 4) is 0 Å². The summed E-state index contributed by atoms with van der Waals surface area (Å²) in [6, 6.07) is 0.196. The van der Waals surface area contributed by atoms with Gasteiger partial charge in [0.15, 0.2) is 0 Å². The zero-order chi connectivity index (χ0) is 14.5. The molecule has 0 aromatic carbocycles. The fraction of sp³-hybridized carbons (Fsp3) is 0.769. The van der Waals surface area contributed by atoms with Gasteiger partial charge in [-0.1, -0.05) is 0 Å². The number of hydrogen-bond donors (Lipinski definition) is 1. The first-order valence-corrected chi connectivity index (χ1v) is 8.65. The van der Waals surface area contributed by atoms with Crippen LogP contribution in [0.2, 0.25) is 0 Å². The monoisotopic (exact) mass is 298 g/mol. The molecule has 0 spiro atoms. The highest BCUT2D eigenvalue weighted by Gasteiger charge is 2.45. The number of nitrogens with zero attached hydrogens (tertiary/aromatic N) is 3. The van der Waals surface area contributed by atoms with E-state index in [1.54, 1.807) is 15.9 Å². The normalized spacial score (nSPS) is 26.6. The molecule has 2 aliphatic rings. The summed E-state index contributed by atoms with van der Waals surface area (Å²) >= 11 is 0. The van der Waals surface area contributed by atoms with Gasteiger partial charge in [-0.3, -0.25) is 4.68 Å². The molecule has 2 bridgehead atoms. The van der Waals surface area contributed by atoms with Crippen LogP contribution >= 0.6 is 0 Å². The largest absolute Gasteiger partial charge is 0.329 e. The molecule has 1 aromatic rings. The molecular weight excluding hydrogens is 276 g/mol. The second-order valence-corrected chi connectivity index (χ2v) is 7.75.